The minimum absolute atomic E-state index is 0.326. The molecule has 2 aromatic heterocycles. The van der Waals surface area contributed by atoms with Crippen molar-refractivity contribution in [3.63, 3.8) is 0 Å². The second-order valence-corrected chi connectivity index (χ2v) is 12.8. The molecule has 0 amide bonds. The van der Waals surface area contributed by atoms with Gasteiger partial charge in [-0.25, -0.2) is 0 Å². The van der Waals surface area contributed by atoms with Crippen molar-refractivity contribution in [3.05, 3.63) is 127 Å². The molecule has 6 heteroatoms. The first kappa shape index (κ1) is 27.4. The average molecular weight is 591 g/mol. The number of thiophene rings is 1. The molecule has 0 aliphatic heterocycles. The predicted molar refractivity (Wildman–Crippen MR) is 204 cm³/mol. The van der Waals surface area contributed by atoms with Crippen LogP contribution in [0.5, 0.6) is 0 Å². The monoisotopic (exact) mass is 591 g/mol. The number of aromatic nitrogens is 1. The van der Waals surface area contributed by atoms with Gasteiger partial charge >= 0.3 is 0 Å². The van der Waals surface area contributed by atoms with Gasteiger partial charge in [-0.05, 0) is 63.2 Å². The van der Waals surface area contributed by atoms with Crippen LogP contribution in [-0.4, -0.2) is 36.0 Å². The summed E-state index contributed by atoms with van der Waals surface area (Å²) in [5.41, 5.74) is 9.39. The summed E-state index contributed by atoms with van der Waals surface area (Å²) in [4.78, 5) is 0. The molecule has 0 atom stereocenters. The smallest absolute Gasteiger partial charge is 0.114 e. The van der Waals surface area contributed by atoms with Gasteiger partial charge in [0.1, 0.15) is 31.4 Å². The van der Waals surface area contributed by atoms with Gasteiger partial charge in [-0.15, -0.1) is 22.3 Å². The maximum Gasteiger partial charge on any atom is 0.114 e. The van der Waals surface area contributed by atoms with Gasteiger partial charge in [-0.3, -0.25) is 0 Å². The van der Waals surface area contributed by atoms with Crippen LogP contribution in [0.4, 0.5) is 0 Å². The normalized spacial score (nSPS) is 11.8. The second-order valence-electron chi connectivity index (χ2n) is 11.8. The van der Waals surface area contributed by atoms with E-state index in [1.807, 2.05) is 6.07 Å². The maximum atomic E-state index is 6.85. The Morgan fingerprint density at radius 1 is 0.435 bits per heavy atom. The molecule has 0 saturated heterocycles. The van der Waals surface area contributed by atoms with Crippen LogP contribution in [0, 0.1) is 0 Å². The van der Waals surface area contributed by atoms with Crippen LogP contribution in [0.3, 0.4) is 0 Å². The van der Waals surface area contributed by atoms with E-state index in [1.165, 1.54) is 10.8 Å². The summed E-state index contributed by atoms with van der Waals surface area (Å²) in [7, 11) is 26.5. The van der Waals surface area contributed by atoms with Gasteiger partial charge in [0.05, 0.1) is 11.0 Å². The van der Waals surface area contributed by atoms with Gasteiger partial charge in [0.15, 0.2) is 0 Å². The first-order chi connectivity index (χ1) is 22.5. The SMILES string of the molecule is [B]c1c([B])c([B])c2c(sc3c(-c4ccc5ccccc5c4)cc4c(c5ccc(-c6ccccc6)cc5n4-c4ccccc4)c32)c1[B]. The van der Waals surface area contributed by atoms with E-state index < -0.39 is 0 Å². The molecule has 1 nitrogen and oxygen atoms in total. The molecule has 46 heavy (non-hydrogen) atoms. The molecule has 9 aromatic rings. The van der Waals surface area contributed by atoms with Crippen molar-refractivity contribution in [1.82, 2.24) is 4.57 Å². The van der Waals surface area contributed by atoms with Crippen LogP contribution in [-0.2, 0) is 0 Å². The van der Waals surface area contributed by atoms with Crippen LogP contribution in [0.1, 0.15) is 0 Å². The third kappa shape index (κ3) is 3.93. The van der Waals surface area contributed by atoms with Gasteiger partial charge in [-0.2, -0.15) is 0 Å². The lowest BCUT2D eigenvalue weighted by Crippen LogP contribution is -2.47. The maximum absolute atomic E-state index is 6.85. The van der Waals surface area contributed by atoms with Crippen molar-refractivity contribution in [2.24, 2.45) is 0 Å². The van der Waals surface area contributed by atoms with Crippen molar-refractivity contribution in [3.8, 4) is 27.9 Å². The Balaban J connectivity index is 1.52. The fourth-order valence-electron chi connectivity index (χ4n) is 7.00. The number of fused-ring (bicyclic) bond motifs is 8. The molecular formula is C40H21B4NS. The Bertz CT molecular complexity index is 2670. The molecule has 7 aromatic carbocycles. The molecule has 0 bridgehead atoms. The fraction of sp³-hybridized carbons (Fsp3) is 0. The van der Waals surface area contributed by atoms with Gasteiger partial charge in [-0.1, -0.05) is 108 Å². The van der Waals surface area contributed by atoms with Gasteiger partial charge < -0.3 is 4.57 Å². The highest BCUT2D eigenvalue weighted by Gasteiger charge is 2.24. The zero-order valence-electron chi connectivity index (χ0n) is 24.8. The van der Waals surface area contributed by atoms with E-state index in [2.05, 4.69) is 126 Å². The average Bonchev–Trinajstić information content (AvgIpc) is 3.66. The van der Waals surface area contributed by atoms with Crippen molar-refractivity contribution < 1.29 is 0 Å². The lowest BCUT2D eigenvalue weighted by atomic mass is 9.65. The van der Waals surface area contributed by atoms with Crippen LogP contribution in [0.25, 0.3) is 80.7 Å². The molecule has 0 aliphatic rings. The Kier molecular flexibility index (Phi) is 6.14. The number of para-hydroxylation sites is 1. The van der Waals surface area contributed by atoms with Crippen LogP contribution >= 0.6 is 11.3 Å². The lowest BCUT2D eigenvalue weighted by molar-refractivity contribution is 1.18. The number of hydrogen-bond donors (Lipinski definition) is 0. The largest absolute Gasteiger partial charge is 0.309 e. The minimum Gasteiger partial charge on any atom is -0.309 e. The Labute approximate surface area is 276 Å². The summed E-state index contributed by atoms with van der Waals surface area (Å²) in [6.07, 6.45) is 0. The number of hydrogen-bond acceptors (Lipinski definition) is 1. The summed E-state index contributed by atoms with van der Waals surface area (Å²) in [6, 6.07) is 45.2. The summed E-state index contributed by atoms with van der Waals surface area (Å²) in [6.45, 7) is 0. The van der Waals surface area contributed by atoms with Crippen LogP contribution in [0.15, 0.2) is 127 Å². The second kappa shape index (κ2) is 10.3. The molecule has 8 radical (unpaired) electrons. The van der Waals surface area contributed by atoms with Crippen molar-refractivity contribution in [2.75, 3.05) is 0 Å². The third-order valence-electron chi connectivity index (χ3n) is 9.26. The van der Waals surface area contributed by atoms with E-state index >= 15 is 0 Å². The van der Waals surface area contributed by atoms with E-state index in [0.717, 1.165) is 69.9 Å². The predicted octanol–water partition coefficient (Wildman–Crippen LogP) is 6.81. The molecule has 0 fully saturated rings. The fourth-order valence-corrected chi connectivity index (χ4v) is 8.33. The Hall–Kier alpha value is -4.92. The lowest BCUT2D eigenvalue weighted by Gasteiger charge is -2.14. The van der Waals surface area contributed by atoms with E-state index in [0.29, 0.717) is 21.9 Å². The van der Waals surface area contributed by atoms with Crippen molar-refractivity contribution in [1.29, 1.82) is 0 Å². The number of benzene rings is 7. The standard InChI is InChI=1S/C40H21B4NS/c41-35-34-33-32-28-18-17-25(22-9-3-1-4-10-22)20-30(28)45(27-13-5-2-6-14-27)31(32)21-29(26-16-15-23-11-7-8-12-24(23)19-26)39(33)46-40(34)38(44)37(43)36(35)42/h1-21H. The molecular weight excluding hydrogens is 570 g/mol. The van der Waals surface area contributed by atoms with E-state index in [1.54, 1.807) is 11.3 Å². The highest BCUT2D eigenvalue weighted by Crippen LogP contribution is 2.47. The number of nitrogens with zero attached hydrogens (tertiary/aromatic N) is 1. The summed E-state index contributed by atoms with van der Waals surface area (Å²) in [5.74, 6) is 0. The molecule has 0 N–H and O–H groups in total. The minimum atomic E-state index is 0.326. The first-order valence-electron chi connectivity index (χ1n) is 15.2. The molecule has 204 valence electrons. The molecule has 0 spiro atoms. The van der Waals surface area contributed by atoms with Gasteiger partial charge in [0.2, 0.25) is 0 Å². The van der Waals surface area contributed by atoms with Gasteiger partial charge in [0, 0.05) is 36.8 Å². The van der Waals surface area contributed by atoms with Crippen LogP contribution in [0.2, 0.25) is 0 Å². The zero-order valence-corrected chi connectivity index (χ0v) is 25.6. The van der Waals surface area contributed by atoms with Crippen LogP contribution < -0.4 is 21.9 Å². The molecule has 0 saturated carbocycles. The third-order valence-corrected chi connectivity index (χ3v) is 10.5. The highest BCUT2D eigenvalue weighted by molar-refractivity contribution is 7.28. The molecule has 0 unspecified atom stereocenters. The Morgan fingerprint density at radius 2 is 1.11 bits per heavy atom. The molecule has 2 heterocycles. The van der Waals surface area contributed by atoms with Crippen molar-refractivity contribution >= 4 is 117 Å². The first-order valence-corrected chi connectivity index (χ1v) is 16.0. The van der Waals surface area contributed by atoms with E-state index in [4.69, 9.17) is 31.4 Å². The summed E-state index contributed by atoms with van der Waals surface area (Å²) < 4.78 is 4.32. The number of rotatable bonds is 3. The summed E-state index contributed by atoms with van der Waals surface area (Å²) >= 11 is 1.63. The van der Waals surface area contributed by atoms with E-state index in [-0.39, 0.29) is 0 Å². The zero-order chi connectivity index (χ0) is 31.1. The topological polar surface area (TPSA) is 4.93 Å². The van der Waals surface area contributed by atoms with Gasteiger partial charge in [0.25, 0.3) is 0 Å². The summed E-state index contributed by atoms with van der Waals surface area (Å²) in [5, 5.41) is 6.51. The van der Waals surface area contributed by atoms with Crippen molar-refractivity contribution in [2.45, 2.75) is 0 Å². The highest BCUT2D eigenvalue weighted by atomic mass is 32.1. The molecule has 0 aliphatic carbocycles. The Morgan fingerprint density at radius 3 is 1.89 bits per heavy atom. The molecule has 9 rings (SSSR count). The van der Waals surface area contributed by atoms with E-state index in [9.17, 15) is 0 Å². The quantitative estimate of drug-likeness (QED) is 0.199.